The Bertz CT molecular complexity index is 256. The molecule has 0 aliphatic carbocycles. The van der Waals surface area contributed by atoms with E-state index in [-0.39, 0.29) is 0 Å². The van der Waals surface area contributed by atoms with Crippen molar-refractivity contribution < 1.29 is 5.21 Å². The van der Waals surface area contributed by atoms with E-state index < -0.39 is 0 Å². The zero-order valence-corrected chi connectivity index (χ0v) is 6.09. The van der Waals surface area contributed by atoms with Crippen molar-refractivity contribution in [2.45, 2.75) is 6.92 Å². The number of nitrogens with two attached hydrogens (primary N) is 1. The standard InChI is InChI=1S/C4H6N4OS/c1-2(6-9)3-4(5)8-10-7-3/h9H,1H3,(H2,5,8)/b6-2+. The molecule has 0 aliphatic heterocycles. The van der Waals surface area contributed by atoms with E-state index in [0.29, 0.717) is 17.2 Å². The van der Waals surface area contributed by atoms with Gasteiger partial charge < -0.3 is 10.9 Å². The van der Waals surface area contributed by atoms with E-state index in [4.69, 9.17) is 10.9 Å². The SMILES string of the molecule is C/C(=N\O)c1nsnc1N. The Balaban J connectivity index is 3.05. The summed E-state index contributed by atoms with van der Waals surface area (Å²) in [4.78, 5) is 0. The number of anilines is 1. The quantitative estimate of drug-likeness (QED) is 0.350. The van der Waals surface area contributed by atoms with Crippen LogP contribution in [0.4, 0.5) is 5.82 Å². The monoisotopic (exact) mass is 158 g/mol. The van der Waals surface area contributed by atoms with Gasteiger partial charge in [0.1, 0.15) is 11.4 Å². The molecule has 0 bridgehead atoms. The molecule has 1 heterocycles. The Morgan fingerprint density at radius 1 is 1.70 bits per heavy atom. The van der Waals surface area contributed by atoms with Gasteiger partial charge in [-0.25, -0.2) is 0 Å². The molecule has 0 saturated carbocycles. The summed E-state index contributed by atoms with van der Waals surface area (Å²) < 4.78 is 7.50. The zero-order valence-electron chi connectivity index (χ0n) is 5.27. The van der Waals surface area contributed by atoms with Gasteiger partial charge in [0.25, 0.3) is 0 Å². The molecule has 1 aromatic heterocycles. The van der Waals surface area contributed by atoms with Gasteiger partial charge in [0.15, 0.2) is 5.82 Å². The van der Waals surface area contributed by atoms with Gasteiger partial charge in [-0.1, -0.05) is 5.16 Å². The first-order valence-electron chi connectivity index (χ1n) is 2.52. The fraction of sp³-hybridized carbons (Fsp3) is 0.250. The van der Waals surface area contributed by atoms with Crippen molar-refractivity contribution in [3.8, 4) is 0 Å². The minimum Gasteiger partial charge on any atom is -0.411 e. The van der Waals surface area contributed by atoms with Crippen molar-refractivity contribution in [3.05, 3.63) is 5.69 Å². The lowest BCUT2D eigenvalue weighted by Gasteiger charge is -1.89. The summed E-state index contributed by atoms with van der Waals surface area (Å²) in [5.74, 6) is 0.306. The van der Waals surface area contributed by atoms with Gasteiger partial charge in [-0.2, -0.15) is 8.75 Å². The average Bonchev–Trinajstić information content (AvgIpc) is 2.34. The summed E-state index contributed by atoms with van der Waals surface area (Å²) in [5, 5.41) is 11.2. The third-order valence-electron chi connectivity index (χ3n) is 1.01. The second kappa shape index (κ2) is 2.61. The molecule has 5 nitrogen and oxygen atoms in total. The fourth-order valence-corrected chi connectivity index (χ4v) is 1.02. The van der Waals surface area contributed by atoms with E-state index in [1.807, 2.05) is 0 Å². The van der Waals surface area contributed by atoms with Gasteiger partial charge in [-0.05, 0) is 6.92 Å². The summed E-state index contributed by atoms with van der Waals surface area (Å²) in [6.45, 7) is 1.60. The number of oxime groups is 1. The summed E-state index contributed by atoms with van der Waals surface area (Å²) >= 11 is 0.993. The molecule has 3 N–H and O–H groups in total. The Morgan fingerprint density at radius 2 is 2.40 bits per heavy atom. The van der Waals surface area contributed by atoms with Crippen molar-refractivity contribution >= 4 is 23.3 Å². The molecule has 0 atom stereocenters. The van der Waals surface area contributed by atoms with Crippen LogP contribution in [0.5, 0.6) is 0 Å². The molecule has 0 radical (unpaired) electrons. The van der Waals surface area contributed by atoms with Crippen molar-refractivity contribution in [1.29, 1.82) is 0 Å². The van der Waals surface area contributed by atoms with E-state index in [2.05, 4.69) is 13.9 Å². The highest BCUT2D eigenvalue weighted by atomic mass is 32.1. The molecule has 0 unspecified atom stereocenters. The van der Waals surface area contributed by atoms with Crippen LogP contribution in [-0.4, -0.2) is 19.7 Å². The largest absolute Gasteiger partial charge is 0.411 e. The van der Waals surface area contributed by atoms with Gasteiger partial charge >= 0.3 is 0 Å². The zero-order chi connectivity index (χ0) is 7.56. The molecule has 10 heavy (non-hydrogen) atoms. The molecule has 1 rings (SSSR count). The third-order valence-corrected chi connectivity index (χ3v) is 1.55. The number of nitrogens with zero attached hydrogens (tertiary/aromatic N) is 3. The van der Waals surface area contributed by atoms with Crippen LogP contribution in [0.2, 0.25) is 0 Å². The number of rotatable bonds is 1. The minimum atomic E-state index is 0.306. The van der Waals surface area contributed by atoms with Crippen LogP contribution in [0, 0.1) is 0 Å². The van der Waals surface area contributed by atoms with Gasteiger partial charge in [0, 0.05) is 0 Å². The minimum absolute atomic E-state index is 0.306. The lowest BCUT2D eigenvalue weighted by Crippen LogP contribution is -1.99. The maximum atomic E-state index is 8.30. The topological polar surface area (TPSA) is 84.4 Å². The predicted octanol–water partition coefficient (Wildman–Crippen LogP) is 0.319. The van der Waals surface area contributed by atoms with E-state index in [1.165, 1.54) is 0 Å². The van der Waals surface area contributed by atoms with E-state index >= 15 is 0 Å². The lowest BCUT2D eigenvalue weighted by atomic mass is 10.3. The molecule has 0 amide bonds. The Hall–Kier alpha value is -1.17. The number of hydrogen-bond donors (Lipinski definition) is 2. The molecule has 6 heteroatoms. The Morgan fingerprint density at radius 3 is 2.80 bits per heavy atom. The summed E-state index contributed by atoms with van der Waals surface area (Å²) in [6.07, 6.45) is 0. The van der Waals surface area contributed by atoms with E-state index in [0.717, 1.165) is 11.7 Å². The number of aromatic nitrogens is 2. The van der Waals surface area contributed by atoms with E-state index in [1.54, 1.807) is 6.92 Å². The first kappa shape index (κ1) is 6.94. The first-order chi connectivity index (χ1) is 4.75. The predicted molar refractivity (Wildman–Crippen MR) is 38.3 cm³/mol. The van der Waals surface area contributed by atoms with Gasteiger partial charge in [-0.15, -0.1) is 0 Å². The van der Waals surface area contributed by atoms with Crippen molar-refractivity contribution in [2.24, 2.45) is 5.16 Å². The Labute approximate surface area is 61.5 Å². The molecule has 0 saturated heterocycles. The normalized spacial score (nSPS) is 11.9. The second-order valence-corrected chi connectivity index (χ2v) is 2.21. The maximum absolute atomic E-state index is 8.30. The molecule has 0 spiro atoms. The smallest absolute Gasteiger partial charge is 0.166 e. The average molecular weight is 158 g/mol. The van der Waals surface area contributed by atoms with Gasteiger partial charge in [-0.3, -0.25) is 0 Å². The lowest BCUT2D eigenvalue weighted by molar-refractivity contribution is 0.319. The van der Waals surface area contributed by atoms with Crippen LogP contribution in [-0.2, 0) is 0 Å². The van der Waals surface area contributed by atoms with Crippen LogP contribution < -0.4 is 5.73 Å². The van der Waals surface area contributed by atoms with Crippen LogP contribution in [0.1, 0.15) is 12.6 Å². The van der Waals surface area contributed by atoms with Crippen molar-refractivity contribution in [3.63, 3.8) is 0 Å². The van der Waals surface area contributed by atoms with Gasteiger partial charge in [0.2, 0.25) is 0 Å². The molecule has 0 fully saturated rings. The first-order valence-corrected chi connectivity index (χ1v) is 3.25. The Kier molecular flexibility index (Phi) is 1.81. The molecular formula is C4H6N4OS. The van der Waals surface area contributed by atoms with Crippen LogP contribution in [0.25, 0.3) is 0 Å². The molecule has 1 aromatic rings. The highest BCUT2D eigenvalue weighted by Gasteiger charge is 2.06. The summed E-state index contributed by atoms with van der Waals surface area (Å²) in [5.41, 5.74) is 6.19. The molecule has 0 aliphatic rings. The van der Waals surface area contributed by atoms with Crippen molar-refractivity contribution in [2.75, 3.05) is 5.73 Å². The van der Waals surface area contributed by atoms with Gasteiger partial charge in [0.05, 0.1) is 11.7 Å². The third kappa shape index (κ3) is 1.06. The second-order valence-electron chi connectivity index (χ2n) is 1.68. The maximum Gasteiger partial charge on any atom is 0.166 e. The van der Waals surface area contributed by atoms with Crippen LogP contribution in [0.3, 0.4) is 0 Å². The fourth-order valence-electron chi connectivity index (χ4n) is 0.494. The summed E-state index contributed by atoms with van der Waals surface area (Å²) in [7, 11) is 0. The molecular weight excluding hydrogens is 152 g/mol. The molecule has 0 aromatic carbocycles. The van der Waals surface area contributed by atoms with Crippen LogP contribution >= 0.6 is 11.7 Å². The van der Waals surface area contributed by atoms with Crippen LogP contribution in [0.15, 0.2) is 5.16 Å². The summed E-state index contributed by atoms with van der Waals surface area (Å²) in [6, 6.07) is 0. The highest BCUT2D eigenvalue weighted by molar-refractivity contribution is 6.99. The van der Waals surface area contributed by atoms with Crippen molar-refractivity contribution in [1.82, 2.24) is 8.75 Å². The number of hydrogen-bond acceptors (Lipinski definition) is 6. The highest BCUT2D eigenvalue weighted by Crippen LogP contribution is 2.07. The molecule has 54 valence electrons. The number of nitrogen functional groups attached to an aromatic ring is 1. The van der Waals surface area contributed by atoms with E-state index in [9.17, 15) is 0 Å².